The molecule has 8 nitrogen and oxygen atoms in total. The Morgan fingerprint density at radius 3 is 2.71 bits per heavy atom. The molecule has 9 heteroatoms. The summed E-state index contributed by atoms with van der Waals surface area (Å²) in [4.78, 5) is 24.6. The molecule has 0 bridgehead atoms. The molecule has 1 saturated heterocycles. The van der Waals surface area contributed by atoms with Crippen LogP contribution in [0.4, 0.5) is 5.82 Å². The molecule has 176 valence electrons. The monoisotopic (exact) mass is 476 g/mol. The van der Waals surface area contributed by atoms with Crippen LogP contribution in [0.2, 0.25) is 0 Å². The van der Waals surface area contributed by atoms with E-state index in [1.807, 2.05) is 53.3 Å². The predicted molar refractivity (Wildman–Crippen MR) is 136 cm³/mol. The second-order valence-corrected chi connectivity index (χ2v) is 10.1. The lowest BCUT2D eigenvalue weighted by Gasteiger charge is -2.28. The summed E-state index contributed by atoms with van der Waals surface area (Å²) < 4.78 is 7.37. The summed E-state index contributed by atoms with van der Waals surface area (Å²) in [6, 6.07) is 13.8. The van der Waals surface area contributed by atoms with Crippen LogP contribution in [0.25, 0.3) is 21.8 Å². The number of rotatable bonds is 7. The first-order chi connectivity index (χ1) is 16.6. The maximum Gasteiger partial charge on any atom is 0.251 e. The standard InChI is InChI=1S/C25H28N6O2S/c1-17(2)34-25-28-22(30-11-13-33-14-12-30)21-16-27-31(23(21)29-25)10-9-26-24(32)20-8-7-18-5-3-4-6-19(18)15-20/h3-8,15-17H,9-14H2,1-2H3,(H,26,32). The third kappa shape index (κ3) is 4.85. The van der Waals surface area contributed by atoms with E-state index in [0.29, 0.717) is 37.1 Å². The molecule has 0 unspecified atom stereocenters. The molecule has 1 aliphatic rings. The van der Waals surface area contributed by atoms with Crippen molar-refractivity contribution in [1.82, 2.24) is 25.1 Å². The van der Waals surface area contributed by atoms with Gasteiger partial charge in [-0.1, -0.05) is 55.9 Å². The van der Waals surface area contributed by atoms with E-state index in [1.54, 1.807) is 11.8 Å². The van der Waals surface area contributed by atoms with E-state index in [-0.39, 0.29) is 5.91 Å². The van der Waals surface area contributed by atoms with Crippen LogP contribution in [0, 0.1) is 0 Å². The molecule has 1 amide bonds. The highest BCUT2D eigenvalue weighted by atomic mass is 32.2. The van der Waals surface area contributed by atoms with Crippen LogP contribution >= 0.6 is 11.8 Å². The number of hydrogen-bond donors (Lipinski definition) is 1. The fourth-order valence-electron chi connectivity index (χ4n) is 4.07. The minimum atomic E-state index is -0.0955. The lowest BCUT2D eigenvalue weighted by atomic mass is 10.1. The van der Waals surface area contributed by atoms with Crippen molar-refractivity contribution in [2.45, 2.75) is 30.8 Å². The van der Waals surface area contributed by atoms with Crippen LogP contribution in [-0.2, 0) is 11.3 Å². The van der Waals surface area contributed by atoms with E-state index in [2.05, 4.69) is 29.2 Å². The second-order valence-electron chi connectivity index (χ2n) is 8.52. The number of ether oxygens (including phenoxy) is 1. The first-order valence-electron chi connectivity index (χ1n) is 11.6. The van der Waals surface area contributed by atoms with Gasteiger partial charge in [0.05, 0.1) is 31.3 Å². The molecule has 1 aliphatic heterocycles. The average Bonchev–Trinajstić information content (AvgIpc) is 3.26. The van der Waals surface area contributed by atoms with Gasteiger partial charge in [-0.2, -0.15) is 5.10 Å². The van der Waals surface area contributed by atoms with Crippen molar-refractivity contribution >= 4 is 45.3 Å². The second kappa shape index (κ2) is 9.99. The van der Waals surface area contributed by atoms with Crippen LogP contribution in [-0.4, -0.2) is 63.8 Å². The van der Waals surface area contributed by atoms with Gasteiger partial charge in [0, 0.05) is 30.4 Å². The summed E-state index contributed by atoms with van der Waals surface area (Å²) in [7, 11) is 0. The highest BCUT2D eigenvalue weighted by molar-refractivity contribution is 7.99. The SMILES string of the molecule is CC(C)Sc1nc(N2CCOCC2)c2cnn(CCNC(=O)c3ccc4ccccc4c3)c2n1. The van der Waals surface area contributed by atoms with E-state index in [4.69, 9.17) is 14.7 Å². The van der Waals surface area contributed by atoms with Crippen LogP contribution in [0.1, 0.15) is 24.2 Å². The van der Waals surface area contributed by atoms with Crippen molar-refractivity contribution in [1.29, 1.82) is 0 Å². The summed E-state index contributed by atoms with van der Waals surface area (Å²) in [6.07, 6.45) is 1.83. The van der Waals surface area contributed by atoms with E-state index >= 15 is 0 Å². The zero-order valence-corrected chi connectivity index (χ0v) is 20.2. The Labute approximate surface area is 202 Å². The van der Waals surface area contributed by atoms with Gasteiger partial charge in [-0.15, -0.1) is 0 Å². The largest absolute Gasteiger partial charge is 0.378 e. The minimum absolute atomic E-state index is 0.0955. The normalized spacial score (nSPS) is 14.3. The Bertz CT molecular complexity index is 1320. The predicted octanol–water partition coefficient (Wildman–Crippen LogP) is 3.75. The average molecular weight is 477 g/mol. The van der Waals surface area contributed by atoms with E-state index < -0.39 is 0 Å². The number of nitrogens with zero attached hydrogens (tertiary/aromatic N) is 5. The van der Waals surface area contributed by atoms with Crippen LogP contribution in [0.15, 0.2) is 53.8 Å². The number of aromatic nitrogens is 4. The molecule has 2 aromatic carbocycles. The summed E-state index contributed by atoms with van der Waals surface area (Å²) >= 11 is 1.64. The van der Waals surface area contributed by atoms with Crippen molar-refractivity contribution in [2.75, 3.05) is 37.7 Å². The topological polar surface area (TPSA) is 85.2 Å². The Balaban J connectivity index is 1.34. The Kier molecular flexibility index (Phi) is 6.64. The number of carbonyl (C=O) groups excluding carboxylic acids is 1. The molecule has 1 fully saturated rings. The zero-order chi connectivity index (χ0) is 23.5. The fraction of sp³-hybridized carbons (Fsp3) is 0.360. The maximum absolute atomic E-state index is 12.7. The lowest BCUT2D eigenvalue weighted by molar-refractivity contribution is 0.0952. The molecule has 0 atom stereocenters. The van der Waals surface area contributed by atoms with Gasteiger partial charge in [0.15, 0.2) is 10.8 Å². The Hall–Kier alpha value is -3.17. The Morgan fingerprint density at radius 2 is 1.91 bits per heavy atom. The highest BCUT2D eigenvalue weighted by Gasteiger charge is 2.20. The lowest BCUT2D eigenvalue weighted by Crippen LogP contribution is -2.37. The number of nitrogens with one attached hydrogen (secondary N) is 1. The van der Waals surface area contributed by atoms with E-state index in [9.17, 15) is 4.79 Å². The van der Waals surface area contributed by atoms with Gasteiger partial charge in [0.25, 0.3) is 5.91 Å². The van der Waals surface area contributed by atoms with E-state index in [1.165, 1.54) is 0 Å². The molecular formula is C25H28N6O2S. The molecule has 0 radical (unpaired) electrons. The third-order valence-electron chi connectivity index (χ3n) is 5.73. The van der Waals surface area contributed by atoms with E-state index in [0.717, 1.165) is 45.9 Å². The molecule has 34 heavy (non-hydrogen) atoms. The zero-order valence-electron chi connectivity index (χ0n) is 19.4. The number of carbonyl (C=O) groups is 1. The van der Waals surface area contributed by atoms with Crippen molar-refractivity contribution in [3.8, 4) is 0 Å². The number of anilines is 1. The smallest absolute Gasteiger partial charge is 0.251 e. The third-order valence-corrected chi connectivity index (χ3v) is 6.59. The summed E-state index contributed by atoms with van der Waals surface area (Å²) in [5.74, 6) is 0.810. The van der Waals surface area contributed by atoms with Gasteiger partial charge in [0.1, 0.15) is 5.82 Å². The van der Waals surface area contributed by atoms with Gasteiger partial charge in [-0.25, -0.2) is 14.6 Å². The molecule has 0 aliphatic carbocycles. The summed E-state index contributed by atoms with van der Waals surface area (Å²) in [6.45, 7) is 8.20. The highest BCUT2D eigenvalue weighted by Crippen LogP contribution is 2.29. The molecule has 0 spiro atoms. The fourth-order valence-corrected chi connectivity index (χ4v) is 4.77. The van der Waals surface area contributed by atoms with Gasteiger partial charge >= 0.3 is 0 Å². The van der Waals surface area contributed by atoms with Gasteiger partial charge in [-0.05, 0) is 22.9 Å². The number of fused-ring (bicyclic) bond motifs is 2. The van der Waals surface area contributed by atoms with Crippen molar-refractivity contribution in [2.24, 2.45) is 0 Å². The summed E-state index contributed by atoms with van der Waals surface area (Å²) in [5.41, 5.74) is 1.44. The van der Waals surface area contributed by atoms with Crippen LogP contribution < -0.4 is 10.2 Å². The molecule has 3 heterocycles. The van der Waals surface area contributed by atoms with Crippen LogP contribution in [0.5, 0.6) is 0 Å². The Morgan fingerprint density at radius 1 is 1.12 bits per heavy atom. The number of benzene rings is 2. The number of amides is 1. The molecular weight excluding hydrogens is 448 g/mol. The van der Waals surface area contributed by atoms with Crippen LogP contribution in [0.3, 0.4) is 0 Å². The van der Waals surface area contributed by atoms with Crippen molar-refractivity contribution < 1.29 is 9.53 Å². The minimum Gasteiger partial charge on any atom is -0.378 e. The molecule has 1 N–H and O–H groups in total. The summed E-state index contributed by atoms with van der Waals surface area (Å²) in [5, 5.41) is 11.8. The van der Waals surface area contributed by atoms with Gasteiger partial charge in [-0.3, -0.25) is 4.79 Å². The van der Waals surface area contributed by atoms with Crippen molar-refractivity contribution in [3.63, 3.8) is 0 Å². The number of morpholine rings is 1. The molecule has 5 rings (SSSR count). The first-order valence-corrected chi connectivity index (χ1v) is 12.5. The maximum atomic E-state index is 12.7. The first kappa shape index (κ1) is 22.6. The molecule has 2 aromatic heterocycles. The van der Waals surface area contributed by atoms with Gasteiger partial charge in [0.2, 0.25) is 0 Å². The number of hydrogen-bond acceptors (Lipinski definition) is 7. The molecule has 0 saturated carbocycles. The van der Waals surface area contributed by atoms with Gasteiger partial charge < -0.3 is 15.0 Å². The molecule has 4 aromatic rings. The number of thioether (sulfide) groups is 1. The quantitative estimate of drug-likeness (QED) is 0.321. The van der Waals surface area contributed by atoms with Crippen molar-refractivity contribution in [3.05, 3.63) is 54.2 Å².